The number of benzene rings is 2. The smallest absolute Gasteiger partial charge is 0.255 e. The van der Waals surface area contributed by atoms with E-state index in [4.69, 9.17) is 0 Å². The van der Waals surface area contributed by atoms with Crippen molar-refractivity contribution >= 4 is 37.5 Å². The van der Waals surface area contributed by atoms with Gasteiger partial charge in [0.1, 0.15) is 5.82 Å². The Morgan fingerprint density at radius 3 is 2.29 bits per heavy atom. The number of carbonyl (C=O) groups is 1. The molecule has 0 unspecified atom stereocenters. The molecule has 8 heteroatoms. The van der Waals surface area contributed by atoms with Crippen LogP contribution in [0.2, 0.25) is 0 Å². The number of anilines is 1. The molecule has 128 valence electrons. The first-order chi connectivity index (χ1) is 11.2. The maximum atomic E-state index is 13.7. The largest absolute Gasteiger partial charge is 0.319 e. The van der Waals surface area contributed by atoms with Crippen molar-refractivity contribution in [3.8, 4) is 0 Å². The molecule has 2 N–H and O–H groups in total. The molecule has 0 bridgehead atoms. The van der Waals surface area contributed by atoms with Gasteiger partial charge in [0.25, 0.3) is 5.91 Å². The van der Waals surface area contributed by atoms with Gasteiger partial charge in [-0.3, -0.25) is 4.79 Å². The summed E-state index contributed by atoms with van der Waals surface area (Å²) in [6.07, 6.45) is 0. The minimum Gasteiger partial charge on any atom is -0.319 e. The normalized spacial score (nSPS) is 11.5. The average molecular weight is 415 g/mol. The molecule has 0 saturated carbocycles. The number of amides is 1. The van der Waals surface area contributed by atoms with Crippen molar-refractivity contribution in [2.75, 3.05) is 5.32 Å². The minimum absolute atomic E-state index is 0.0429. The van der Waals surface area contributed by atoms with E-state index >= 15 is 0 Å². The summed E-state index contributed by atoms with van der Waals surface area (Å²) >= 11 is 3.14. The maximum absolute atomic E-state index is 13.7. The molecular formula is C16H16BrFN2O3S. The SMILES string of the molecule is CC(C)NS(=O)(=O)c1ccc(C(=O)Nc2ccc(Br)cc2F)cc1. The predicted octanol–water partition coefficient (Wildman–Crippen LogP) is 3.53. The van der Waals surface area contributed by atoms with Crippen LogP contribution in [-0.2, 0) is 10.0 Å². The van der Waals surface area contributed by atoms with Gasteiger partial charge < -0.3 is 5.32 Å². The fourth-order valence-electron chi connectivity index (χ4n) is 1.95. The molecule has 0 aromatic heterocycles. The molecule has 0 atom stereocenters. The summed E-state index contributed by atoms with van der Waals surface area (Å²) in [7, 11) is -3.62. The maximum Gasteiger partial charge on any atom is 0.255 e. The highest BCUT2D eigenvalue weighted by molar-refractivity contribution is 9.10. The Kier molecular flexibility index (Phi) is 5.74. The summed E-state index contributed by atoms with van der Waals surface area (Å²) in [5.41, 5.74) is 0.266. The Bertz CT molecular complexity index is 852. The number of rotatable bonds is 5. The molecule has 24 heavy (non-hydrogen) atoms. The van der Waals surface area contributed by atoms with Gasteiger partial charge in [-0.05, 0) is 56.3 Å². The van der Waals surface area contributed by atoms with Crippen LogP contribution in [0.4, 0.5) is 10.1 Å². The molecule has 0 spiro atoms. The number of halogens is 2. The van der Waals surface area contributed by atoms with E-state index in [0.29, 0.717) is 4.47 Å². The first kappa shape index (κ1) is 18.6. The van der Waals surface area contributed by atoms with Gasteiger partial charge in [-0.2, -0.15) is 0 Å². The fourth-order valence-corrected chi connectivity index (χ4v) is 3.53. The van der Waals surface area contributed by atoms with Gasteiger partial charge >= 0.3 is 0 Å². The van der Waals surface area contributed by atoms with Gasteiger partial charge in [-0.25, -0.2) is 17.5 Å². The van der Waals surface area contributed by atoms with Crippen LogP contribution in [0.15, 0.2) is 51.8 Å². The number of hydrogen-bond donors (Lipinski definition) is 2. The lowest BCUT2D eigenvalue weighted by Gasteiger charge is -2.10. The molecule has 2 rings (SSSR count). The number of carbonyl (C=O) groups excluding carboxylic acids is 1. The lowest BCUT2D eigenvalue weighted by atomic mass is 10.2. The van der Waals surface area contributed by atoms with Gasteiger partial charge in [-0.1, -0.05) is 15.9 Å². The van der Waals surface area contributed by atoms with Gasteiger partial charge in [0.05, 0.1) is 10.6 Å². The highest BCUT2D eigenvalue weighted by Crippen LogP contribution is 2.20. The van der Waals surface area contributed by atoms with E-state index in [-0.39, 0.29) is 22.2 Å². The van der Waals surface area contributed by atoms with Crippen molar-refractivity contribution in [2.45, 2.75) is 24.8 Å². The second-order valence-electron chi connectivity index (χ2n) is 5.38. The molecule has 5 nitrogen and oxygen atoms in total. The van der Waals surface area contributed by atoms with E-state index in [1.54, 1.807) is 19.9 Å². The second-order valence-corrected chi connectivity index (χ2v) is 8.01. The molecule has 1 amide bonds. The van der Waals surface area contributed by atoms with Crippen LogP contribution >= 0.6 is 15.9 Å². The van der Waals surface area contributed by atoms with Crippen LogP contribution in [0.3, 0.4) is 0 Å². The third-order valence-corrected chi connectivity index (χ3v) is 5.16. The number of sulfonamides is 1. The zero-order valence-corrected chi connectivity index (χ0v) is 15.4. The molecule has 0 aliphatic rings. The van der Waals surface area contributed by atoms with Gasteiger partial charge in [0.15, 0.2) is 0 Å². The lowest BCUT2D eigenvalue weighted by Crippen LogP contribution is -2.30. The summed E-state index contributed by atoms with van der Waals surface area (Å²) in [5.74, 6) is -1.10. The van der Waals surface area contributed by atoms with Crippen LogP contribution in [0, 0.1) is 5.82 Å². The molecule has 0 aliphatic carbocycles. The predicted molar refractivity (Wildman–Crippen MR) is 94.0 cm³/mol. The first-order valence-electron chi connectivity index (χ1n) is 7.08. The quantitative estimate of drug-likeness (QED) is 0.785. The molecule has 2 aromatic rings. The van der Waals surface area contributed by atoms with Crippen LogP contribution in [0.5, 0.6) is 0 Å². The van der Waals surface area contributed by atoms with E-state index in [1.807, 2.05) is 0 Å². The van der Waals surface area contributed by atoms with E-state index in [1.165, 1.54) is 36.4 Å². The van der Waals surface area contributed by atoms with Crippen molar-refractivity contribution in [3.63, 3.8) is 0 Å². The third-order valence-electron chi connectivity index (χ3n) is 3.00. The summed E-state index contributed by atoms with van der Waals surface area (Å²) in [4.78, 5) is 12.2. The summed E-state index contributed by atoms with van der Waals surface area (Å²) < 4.78 is 40.8. The zero-order valence-electron chi connectivity index (χ0n) is 13.0. The Hall–Kier alpha value is -1.77. The highest BCUT2D eigenvalue weighted by atomic mass is 79.9. The van der Waals surface area contributed by atoms with Crippen molar-refractivity contribution in [1.82, 2.24) is 4.72 Å². The fraction of sp³-hybridized carbons (Fsp3) is 0.188. The van der Waals surface area contributed by atoms with E-state index in [2.05, 4.69) is 26.0 Å². The molecule has 0 saturated heterocycles. The van der Waals surface area contributed by atoms with Gasteiger partial charge in [-0.15, -0.1) is 0 Å². The Morgan fingerprint density at radius 2 is 1.75 bits per heavy atom. The minimum atomic E-state index is -3.62. The summed E-state index contributed by atoms with van der Waals surface area (Å²) in [6.45, 7) is 3.43. The number of hydrogen-bond acceptors (Lipinski definition) is 3. The van der Waals surface area contributed by atoms with Crippen LogP contribution in [0.1, 0.15) is 24.2 Å². The Labute approximate surface area is 148 Å². The monoisotopic (exact) mass is 414 g/mol. The summed E-state index contributed by atoms with van der Waals surface area (Å²) in [6, 6.07) is 9.45. The first-order valence-corrected chi connectivity index (χ1v) is 9.35. The average Bonchev–Trinajstić information content (AvgIpc) is 2.49. The van der Waals surface area contributed by atoms with Crippen molar-refractivity contribution in [2.24, 2.45) is 0 Å². The standard InChI is InChI=1S/C16H16BrFN2O3S/c1-10(2)20-24(22,23)13-6-3-11(4-7-13)16(21)19-15-8-5-12(17)9-14(15)18/h3-10,20H,1-2H3,(H,19,21). The Balaban J connectivity index is 2.17. The molecule has 0 aliphatic heterocycles. The van der Waals surface area contributed by atoms with Crippen LogP contribution in [0.25, 0.3) is 0 Å². The zero-order chi connectivity index (χ0) is 17.9. The lowest BCUT2D eigenvalue weighted by molar-refractivity contribution is 0.102. The van der Waals surface area contributed by atoms with Crippen molar-refractivity contribution in [3.05, 3.63) is 58.3 Å². The molecule has 0 fully saturated rings. The molecular weight excluding hydrogens is 399 g/mol. The van der Waals surface area contributed by atoms with Crippen molar-refractivity contribution < 1.29 is 17.6 Å². The third kappa shape index (κ3) is 4.62. The number of nitrogens with one attached hydrogen (secondary N) is 2. The molecule has 0 radical (unpaired) electrons. The summed E-state index contributed by atoms with van der Waals surface area (Å²) in [5, 5.41) is 2.44. The molecule has 0 heterocycles. The topological polar surface area (TPSA) is 75.3 Å². The highest BCUT2D eigenvalue weighted by Gasteiger charge is 2.16. The molecule has 2 aromatic carbocycles. The van der Waals surface area contributed by atoms with Crippen molar-refractivity contribution in [1.29, 1.82) is 0 Å². The van der Waals surface area contributed by atoms with Crippen LogP contribution in [-0.4, -0.2) is 20.4 Å². The van der Waals surface area contributed by atoms with Crippen LogP contribution < -0.4 is 10.0 Å². The van der Waals surface area contributed by atoms with E-state index in [0.717, 1.165) is 0 Å². The second kappa shape index (κ2) is 7.42. The van der Waals surface area contributed by atoms with Gasteiger partial charge in [0.2, 0.25) is 10.0 Å². The van der Waals surface area contributed by atoms with Gasteiger partial charge in [0, 0.05) is 16.1 Å². The Morgan fingerprint density at radius 1 is 1.12 bits per heavy atom. The van der Waals surface area contributed by atoms with E-state index in [9.17, 15) is 17.6 Å². The van der Waals surface area contributed by atoms with E-state index < -0.39 is 21.7 Å².